The Morgan fingerprint density at radius 1 is 0.957 bits per heavy atom. The molecule has 3 aromatic carbocycles. The van der Waals surface area contributed by atoms with Gasteiger partial charge in [0, 0.05) is 42.0 Å². The standard InChI is InChI=1S/C36H47N5O2.C2H6.CH2O/c1-5-10-29(37)12-9-23-43-31-21-19-30(20-22-31)40-25-41-35(11-6-2)34(26(3)42)24-27-15-17-28(18-16-27)32-13-7-8-14-33(32)36(38)39-4;2*1-2/h7-8,13-22,25,29H,5-6,9-12,23-24,37H2,1-4H3,(H2,38,39)(H,40,41);1-2H3;1H2/b35-34-;;. The minimum absolute atomic E-state index is 0.0269. The Morgan fingerprint density at radius 3 is 2.21 bits per heavy atom. The van der Waals surface area contributed by atoms with Crippen LogP contribution in [0.15, 0.2) is 94.1 Å². The number of hydrogen-bond donors (Lipinski definition) is 3. The van der Waals surface area contributed by atoms with E-state index >= 15 is 0 Å². The molecule has 1 atom stereocenters. The number of ether oxygens (including phenoxy) is 1. The summed E-state index contributed by atoms with van der Waals surface area (Å²) in [5.41, 5.74) is 18.6. The number of ketones is 1. The Labute approximate surface area is 282 Å². The highest BCUT2D eigenvalue weighted by molar-refractivity contribution is 6.03. The molecule has 8 nitrogen and oxygen atoms in total. The number of nitrogens with two attached hydrogens (primary N) is 2. The largest absolute Gasteiger partial charge is 0.494 e. The third-order valence-corrected chi connectivity index (χ3v) is 7.30. The number of hydrogen-bond acceptors (Lipinski definition) is 6. The Hall–Kier alpha value is -4.56. The zero-order chi connectivity index (χ0) is 35.0. The maximum Gasteiger partial charge on any atom is 0.157 e. The van der Waals surface area contributed by atoms with Gasteiger partial charge >= 0.3 is 0 Å². The quantitative estimate of drug-likeness (QED) is 0.0590. The predicted octanol–water partition coefficient (Wildman–Crippen LogP) is 8.14. The lowest BCUT2D eigenvalue weighted by atomic mass is 9.95. The fourth-order valence-electron chi connectivity index (χ4n) is 4.93. The van der Waals surface area contributed by atoms with Crippen LogP contribution in [-0.2, 0) is 16.0 Å². The number of rotatable bonds is 17. The molecule has 0 saturated carbocycles. The minimum atomic E-state index is 0.0269. The number of anilines is 1. The fraction of sp³-hybridized carbons (Fsp3) is 0.385. The smallest absolute Gasteiger partial charge is 0.157 e. The van der Waals surface area contributed by atoms with Gasteiger partial charge in [0.25, 0.3) is 0 Å². The number of nitrogens with one attached hydrogen (secondary N) is 1. The van der Waals surface area contributed by atoms with Gasteiger partial charge in [0.15, 0.2) is 5.78 Å². The number of aliphatic imine (C=N–C) groups is 2. The van der Waals surface area contributed by atoms with Gasteiger partial charge in [-0.25, -0.2) is 4.99 Å². The molecule has 0 radical (unpaired) electrons. The van der Waals surface area contributed by atoms with E-state index in [0.29, 0.717) is 25.3 Å². The van der Waals surface area contributed by atoms with Gasteiger partial charge in [0.2, 0.25) is 0 Å². The monoisotopic (exact) mass is 641 g/mol. The number of Topliss-reactive ketones (excluding diaryl/α,β-unsaturated/α-hetero) is 1. The van der Waals surface area contributed by atoms with E-state index in [2.05, 4.69) is 48.4 Å². The number of carbonyl (C=O) groups excluding carboxylic acids is 2. The Balaban J connectivity index is 0.00000265. The highest BCUT2D eigenvalue weighted by Crippen LogP contribution is 2.26. The second-order valence-electron chi connectivity index (χ2n) is 10.7. The maximum absolute atomic E-state index is 12.8. The molecule has 0 aliphatic heterocycles. The summed E-state index contributed by atoms with van der Waals surface area (Å²) in [6.07, 6.45) is 7.86. The number of benzene rings is 3. The molecule has 5 N–H and O–H groups in total. The molecule has 3 aromatic rings. The Morgan fingerprint density at radius 2 is 1.62 bits per heavy atom. The first-order valence-electron chi connectivity index (χ1n) is 16.6. The molecule has 0 heterocycles. The van der Waals surface area contributed by atoms with Crippen LogP contribution in [0.25, 0.3) is 11.1 Å². The molecule has 0 fully saturated rings. The Bertz CT molecular complexity index is 1410. The van der Waals surface area contributed by atoms with E-state index in [0.717, 1.165) is 77.1 Å². The lowest BCUT2D eigenvalue weighted by Crippen LogP contribution is -2.20. The van der Waals surface area contributed by atoms with Crippen molar-refractivity contribution >= 4 is 30.4 Å². The van der Waals surface area contributed by atoms with Crippen LogP contribution in [0.4, 0.5) is 5.69 Å². The van der Waals surface area contributed by atoms with Crippen molar-refractivity contribution in [1.29, 1.82) is 0 Å². The van der Waals surface area contributed by atoms with E-state index < -0.39 is 0 Å². The Kier molecular flexibility index (Phi) is 20.4. The van der Waals surface area contributed by atoms with Crippen molar-refractivity contribution in [2.45, 2.75) is 85.6 Å². The van der Waals surface area contributed by atoms with Crippen molar-refractivity contribution in [2.24, 2.45) is 21.5 Å². The zero-order valence-electron chi connectivity index (χ0n) is 29.2. The van der Waals surface area contributed by atoms with Gasteiger partial charge in [-0.2, -0.15) is 0 Å². The number of carbonyl (C=O) groups is 2. The van der Waals surface area contributed by atoms with E-state index in [9.17, 15) is 4.79 Å². The van der Waals surface area contributed by atoms with Crippen LogP contribution in [-0.4, -0.2) is 44.4 Å². The summed E-state index contributed by atoms with van der Waals surface area (Å²) >= 11 is 0. The first-order valence-corrected chi connectivity index (χ1v) is 16.6. The van der Waals surface area contributed by atoms with Crippen LogP contribution < -0.4 is 21.5 Å². The van der Waals surface area contributed by atoms with Crippen molar-refractivity contribution in [3.63, 3.8) is 0 Å². The van der Waals surface area contributed by atoms with E-state index in [4.69, 9.17) is 26.0 Å². The number of allylic oxidation sites excluding steroid dienone is 2. The fourth-order valence-corrected chi connectivity index (χ4v) is 4.93. The molecule has 254 valence electrons. The average Bonchev–Trinajstić information content (AvgIpc) is 3.11. The highest BCUT2D eigenvalue weighted by atomic mass is 16.5. The molecule has 47 heavy (non-hydrogen) atoms. The molecule has 0 aliphatic rings. The van der Waals surface area contributed by atoms with Crippen LogP contribution in [0.2, 0.25) is 0 Å². The van der Waals surface area contributed by atoms with Gasteiger partial charge < -0.3 is 26.3 Å². The first kappa shape index (κ1) is 40.5. The summed E-state index contributed by atoms with van der Waals surface area (Å²) < 4.78 is 5.86. The van der Waals surface area contributed by atoms with Crippen molar-refractivity contribution in [3.8, 4) is 16.9 Å². The number of nitrogens with zero attached hydrogens (tertiary/aromatic N) is 2. The SMILES string of the molecule is C=O.CC.CCC/C(N=CNc1ccc(OCCCC(N)CCC)cc1)=C(\Cc1ccc(-c2ccccc2C(N)=NC)cc1)C(C)=O. The summed E-state index contributed by atoms with van der Waals surface area (Å²) in [4.78, 5) is 29.6. The van der Waals surface area contributed by atoms with E-state index in [-0.39, 0.29) is 11.8 Å². The molecular formula is C39H55N5O3. The molecular weight excluding hydrogens is 586 g/mol. The average molecular weight is 642 g/mol. The topological polar surface area (TPSA) is 132 Å². The molecule has 3 rings (SSSR count). The third-order valence-electron chi connectivity index (χ3n) is 7.30. The molecule has 1 unspecified atom stereocenters. The molecule has 0 amide bonds. The van der Waals surface area contributed by atoms with Crippen molar-refractivity contribution in [3.05, 3.63) is 95.2 Å². The summed E-state index contributed by atoms with van der Waals surface area (Å²) in [7, 11) is 1.69. The van der Waals surface area contributed by atoms with Gasteiger partial charge in [0.05, 0.1) is 12.9 Å². The highest BCUT2D eigenvalue weighted by Gasteiger charge is 2.13. The second kappa shape index (κ2) is 23.7. The summed E-state index contributed by atoms with van der Waals surface area (Å²) in [6.45, 7) is 12.5. The molecule has 0 saturated heterocycles. The minimum Gasteiger partial charge on any atom is -0.494 e. The van der Waals surface area contributed by atoms with Crippen LogP contribution in [0.1, 0.15) is 84.3 Å². The van der Waals surface area contributed by atoms with Crippen LogP contribution in [0.3, 0.4) is 0 Å². The van der Waals surface area contributed by atoms with Crippen molar-refractivity contribution in [2.75, 3.05) is 19.0 Å². The first-order chi connectivity index (χ1) is 22.9. The van der Waals surface area contributed by atoms with E-state index in [1.807, 2.05) is 69.2 Å². The van der Waals surface area contributed by atoms with E-state index in [1.54, 1.807) is 20.3 Å². The van der Waals surface area contributed by atoms with Gasteiger partial charge in [-0.1, -0.05) is 89.1 Å². The van der Waals surface area contributed by atoms with Crippen molar-refractivity contribution < 1.29 is 14.3 Å². The molecule has 0 aliphatic carbocycles. The van der Waals surface area contributed by atoms with Crippen LogP contribution in [0, 0.1) is 0 Å². The maximum atomic E-state index is 12.8. The van der Waals surface area contributed by atoms with Gasteiger partial charge in [0.1, 0.15) is 18.4 Å². The number of amidine groups is 1. The summed E-state index contributed by atoms with van der Waals surface area (Å²) in [5.74, 6) is 1.35. The zero-order valence-corrected chi connectivity index (χ0v) is 29.2. The van der Waals surface area contributed by atoms with Crippen molar-refractivity contribution in [1.82, 2.24) is 0 Å². The van der Waals surface area contributed by atoms with E-state index in [1.165, 1.54) is 0 Å². The van der Waals surface area contributed by atoms with Crippen LogP contribution >= 0.6 is 0 Å². The normalized spacial score (nSPS) is 12.2. The van der Waals surface area contributed by atoms with Gasteiger partial charge in [-0.3, -0.25) is 9.79 Å². The lowest BCUT2D eigenvalue weighted by Gasteiger charge is -2.12. The van der Waals surface area contributed by atoms with Gasteiger partial charge in [-0.15, -0.1) is 0 Å². The van der Waals surface area contributed by atoms with Crippen LogP contribution in [0.5, 0.6) is 5.75 Å². The third kappa shape index (κ3) is 14.2. The molecule has 0 aromatic heterocycles. The molecule has 0 bridgehead atoms. The predicted molar refractivity (Wildman–Crippen MR) is 199 cm³/mol. The summed E-state index contributed by atoms with van der Waals surface area (Å²) in [6, 6.07) is 24.3. The second-order valence-corrected chi connectivity index (χ2v) is 10.7. The summed E-state index contributed by atoms with van der Waals surface area (Å²) in [5, 5.41) is 3.23. The molecule has 8 heteroatoms. The molecule has 0 spiro atoms. The van der Waals surface area contributed by atoms with Gasteiger partial charge in [-0.05, 0) is 73.6 Å². The lowest BCUT2D eigenvalue weighted by molar-refractivity contribution is -0.113.